The predicted octanol–water partition coefficient (Wildman–Crippen LogP) is 1.11. The Labute approximate surface area is 152 Å². The minimum Gasteiger partial charge on any atom is -0.350 e. The maximum Gasteiger partial charge on any atom is 0.251 e. The van der Waals surface area contributed by atoms with E-state index in [9.17, 15) is 13.2 Å². The highest BCUT2D eigenvalue weighted by atomic mass is 32.2. The monoisotopic (exact) mass is 387 g/mol. The van der Waals surface area contributed by atoms with E-state index in [-0.39, 0.29) is 29.9 Å². The van der Waals surface area contributed by atoms with Crippen molar-refractivity contribution in [2.75, 3.05) is 25.1 Å². The van der Waals surface area contributed by atoms with Crippen LogP contribution in [0.25, 0.3) is 0 Å². The molecular weight excluding hydrogens is 366 g/mol. The van der Waals surface area contributed by atoms with Gasteiger partial charge in [0.2, 0.25) is 10.0 Å². The molecule has 1 aromatic rings. The van der Waals surface area contributed by atoms with Crippen molar-refractivity contribution in [3.63, 3.8) is 0 Å². The van der Waals surface area contributed by atoms with Crippen molar-refractivity contribution in [3.8, 4) is 0 Å². The number of aryl methyl sites for hydroxylation is 1. The van der Waals surface area contributed by atoms with Gasteiger partial charge in [0.05, 0.1) is 4.90 Å². The van der Waals surface area contributed by atoms with Crippen LogP contribution in [0.3, 0.4) is 0 Å². The van der Waals surface area contributed by atoms with Gasteiger partial charge in [-0.25, -0.2) is 13.1 Å². The summed E-state index contributed by atoms with van der Waals surface area (Å²) in [5.41, 5.74) is 0.990. The second kappa shape index (κ2) is 8.28. The quantitative estimate of drug-likeness (QED) is 0.651. The Morgan fingerprint density at radius 3 is 2.62 bits per heavy atom. The van der Waals surface area contributed by atoms with Gasteiger partial charge in [0.25, 0.3) is 5.91 Å². The molecule has 24 heavy (non-hydrogen) atoms. The average Bonchev–Trinajstić information content (AvgIpc) is 2.80. The van der Waals surface area contributed by atoms with Crippen molar-refractivity contribution in [1.82, 2.24) is 14.9 Å². The second-order valence-electron chi connectivity index (χ2n) is 5.48. The second-order valence-corrected chi connectivity index (χ2v) is 8.62. The van der Waals surface area contributed by atoms with E-state index in [4.69, 9.17) is 12.2 Å². The highest BCUT2D eigenvalue weighted by Gasteiger charge is 2.34. The van der Waals surface area contributed by atoms with Crippen LogP contribution >= 0.6 is 24.0 Å². The number of thioether (sulfide) groups is 1. The minimum absolute atomic E-state index is 0.0939. The number of thiocarbonyl (C=S) groups is 1. The first kappa shape index (κ1) is 19.2. The molecule has 2 rings (SSSR count). The zero-order valence-corrected chi connectivity index (χ0v) is 16.1. The average molecular weight is 388 g/mol. The van der Waals surface area contributed by atoms with E-state index in [1.807, 2.05) is 13.2 Å². The Morgan fingerprint density at radius 2 is 2.00 bits per heavy atom. The summed E-state index contributed by atoms with van der Waals surface area (Å²) in [5, 5.41) is 3.35. The maximum absolute atomic E-state index is 12.3. The van der Waals surface area contributed by atoms with Crippen LogP contribution in [-0.2, 0) is 14.8 Å². The number of benzene rings is 1. The zero-order valence-electron chi connectivity index (χ0n) is 13.6. The fourth-order valence-corrected chi connectivity index (χ4v) is 4.13. The van der Waals surface area contributed by atoms with E-state index in [2.05, 4.69) is 10.0 Å². The Bertz CT molecular complexity index is 704. The molecule has 1 heterocycles. The van der Waals surface area contributed by atoms with E-state index >= 15 is 0 Å². The molecular formula is C15H21N3O3S3. The molecule has 0 aromatic heterocycles. The first-order chi connectivity index (χ1) is 11.3. The maximum atomic E-state index is 12.3. The van der Waals surface area contributed by atoms with Gasteiger partial charge in [-0.3, -0.25) is 9.69 Å². The molecule has 0 radical (unpaired) electrons. The van der Waals surface area contributed by atoms with Gasteiger partial charge >= 0.3 is 0 Å². The largest absolute Gasteiger partial charge is 0.350 e. The molecule has 1 aliphatic rings. The molecule has 132 valence electrons. The van der Waals surface area contributed by atoms with Gasteiger partial charge in [0, 0.05) is 13.1 Å². The fraction of sp³-hybridized carbons (Fsp3) is 0.467. The normalized spacial score (nSPS) is 18.1. The lowest BCUT2D eigenvalue weighted by molar-refractivity contribution is -0.127. The highest BCUT2D eigenvalue weighted by molar-refractivity contribution is 7.98. The van der Waals surface area contributed by atoms with Gasteiger partial charge in [0.1, 0.15) is 6.04 Å². The molecule has 0 unspecified atom stereocenters. The predicted molar refractivity (Wildman–Crippen MR) is 101 cm³/mol. The van der Waals surface area contributed by atoms with Crippen LogP contribution in [0.2, 0.25) is 0 Å². The molecule has 0 spiro atoms. The van der Waals surface area contributed by atoms with Crippen molar-refractivity contribution < 1.29 is 13.2 Å². The number of amides is 1. The number of sulfonamides is 1. The summed E-state index contributed by atoms with van der Waals surface area (Å²) in [5.74, 6) is 0.767. The standard InChI is InChI=1S/C15H21N3O3S3/c1-11-3-5-12(6-4-11)24(20,21)16-8-9-18-14(19)13(7-10-23-2)17-15(18)22/h3-6,13,16H,7-10H2,1-2H3,(H,17,22)/t13-/m0/s1. The number of hydrogen-bond donors (Lipinski definition) is 2. The minimum atomic E-state index is -3.59. The van der Waals surface area contributed by atoms with E-state index in [1.165, 1.54) is 4.90 Å². The molecule has 2 N–H and O–H groups in total. The number of rotatable bonds is 8. The summed E-state index contributed by atoms with van der Waals surface area (Å²) in [6.45, 7) is 2.22. The molecule has 0 bridgehead atoms. The smallest absolute Gasteiger partial charge is 0.251 e. The van der Waals surface area contributed by atoms with Gasteiger partial charge in [-0.2, -0.15) is 11.8 Å². The topological polar surface area (TPSA) is 78.5 Å². The van der Waals surface area contributed by atoms with Crippen LogP contribution in [0.4, 0.5) is 0 Å². The third-order valence-electron chi connectivity index (χ3n) is 3.68. The Kier molecular flexibility index (Phi) is 6.62. The number of nitrogens with one attached hydrogen (secondary N) is 2. The van der Waals surface area contributed by atoms with Crippen molar-refractivity contribution in [2.24, 2.45) is 0 Å². The Morgan fingerprint density at radius 1 is 1.33 bits per heavy atom. The van der Waals surface area contributed by atoms with Gasteiger partial charge < -0.3 is 5.32 Å². The summed E-state index contributed by atoms with van der Waals surface area (Å²) < 4.78 is 26.9. The van der Waals surface area contributed by atoms with Crippen molar-refractivity contribution in [1.29, 1.82) is 0 Å². The summed E-state index contributed by atoms with van der Waals surface area (Å²) in [6.07, 6.45) is 2.68. The molecule has 0 aliphatic carbocycles. The van der Waals surface area contributed by atoms with E-state index in [1.54, 1.807) is 36.0 Å². The van der Waals surface area contributed by atoms with Crippen LogP contribution in [0, 0.1) is 6.92 Å². The molecule has 6 nitrogen and oxygen atoms in total. The van der Waals surface area contributed by atoms with Crippen molar-refractivity contribution in [3.05, 3.63) is 29.8 Å². The van der Waals surface area contributed by atoms with Gasteiger partial charge in [-0.15, -0.1) is 0 Å². The number of hydrogen-bond acceptors (Lipinski definition) is 5. The van der Waals surface area contributed by atoms with Gasteiger partial charge in [0.15, 0.2) is 5.11 Å². The molecule has 1 aromatic carbocycles. The lowest BCUT2D eigenvalue weighted by atomic mass is 10.2. The van der Waals surface area contributed by atoms with E-state index in [0.29, 0.717) is 11.5 Å². The third-order valence-corrected chi connectivity index (χ3v) is 6.14. The number of carbonyl (C=O) groups is 1. The third kappa shape index (κ3) is 4.69. The first-order valence-corrected chi connectivity index (χ1v) is 10.8. The molecule has 1 fully saturated rings. The van der Waals surface area contributed by atoms with E-state index < -0.39 is 10.0 Å². The SMILES string of the molecule is CSCC[C@@H]1NC(=S)N(CCNS(=O)(=O)c2ccc(C)cc2)C1=O. The molecule has 1 amide bonds. The van der Waals surface area contributed by atoms with Gasteiger partial charge in [-0.05, 0) is 49.7 Å². The Hall–Kier alpha value is -1.16. The molecule has 9 heteroatoms. The Balaban J connectivity index is 1.90. The van der Waals surface area contributed by atoms with E-state index in [0.717, 1.165) is 11.3 Å². The van der Waals surface area contributed by atoms with Crippen LogP contribution in [0.5, 0.6) is 0 Å². The van der Waals surface area contributed by atoms with Gasteiger partial charge in [-0.1, -0.05) is 17.7 Å². The summed E-state index contributed by atoms with van der Waals surface area (Å²) in [6, 6.07) is 6.30. The molecule has 1 aliphatic heterocycles. The number of nitrogens with zero attached hydrogens (tertiary/aromatic N) is 1. The summed E-state index contributed by atoms with van der Waals surface area (Å²) >= 11 is 6.84. The van der Waals surface area contributed by atoms with Crippen molar-refractivity contribution in [2.45, 2.75) is 24.3 Å². The van der Waals surface area contributed by atoms with Crippen LogP contribution < -0.4 is 10.0 Å². The molecule has 0 saturated carbocycles. The van der Waals surface area contributed by atoms with Crippen LogP contribution in [0.1, 0.15) is 12.0 Å². The lowest BCUT2D eigenvalue weighted by Gasteiger charge is -2.15. The summed E-state index contributed by atoms with van der Waals surface area (Å²) in [4.78, 5) is 13.9. The summed E-state index contributed by atoms with van der Waals surface area (Å²) in [7, 11) is -3.59. The molecule has 1 saturated heterocycles. The highest BCUT2D eigenvalue weighted by Crippen LogP contribution is 2.12. The van der Waals surface area contributed by atoms with Crippen LogP contribution in [-0.4, -0.2) is 55.5 Å². The lowest BCUT2D eigenvalue weighted by Crippen LogP contribution is -2.39. The fourth-order valence-electron chi connectivity index (χ4n) is 2.31. The first-order valence-electron chi connectivity index (χ1n) is 7.52. The molecule has 1 atom stereocenters. The number of carbonyl (C=O) groups excluding carboxylic acids is 1. The van der Waals surface area contributed by atoms with Crippen LogP contribution in [0.15, 0.2) is 29.2 Å². The zero-order chi connectivity index (χ0) is 17.7. The van der Waals surface area contributed by atoms with Crippen molar-refractivity contribution >= 4 is 45.0 Å².